The third kappa shape index (κ3) is 4.33. The maximum absolute atomic E-state index is 13.8. The number of ether oxygens (including phenoxy) is 2. The van der Waals surface area contributed by atoms with E-state index in [1.54, 1.807) is 18.2 Å². The largest absolute Gasteiger partial charge is 0.493 e. The van der Waals surface area contributed by atoms with Crippen LogP contribution in [0.25, 0.3) is 0 Å². The summed E-state index contributed by atoms with van der Waals surface area (Å²) in [6.07, 6.45) is 5.58. The van der Waals surface area contributed by atoms with E-state index in [0.717, 1.165) is 31.6 Å². The molecule has 0 saturated heterocycles. The van der Waals surface area contributed by atoms with E-state index in [1.165, 1.54) is 13.5 Å². The number of carbonyl (C=O) groups is 3. The van der Waals surface area contributed by atoms with Crippen molar-refractivity contribution in [2.45, 2.75) is 70.1 Å². The van der Waals surface area contributed by atoms with Crippen LogP contribution >= 0.6 is 0 Å². The zero-order valence-corrected chi connectivity index (χ0v) is 23.5. The molecular formula is C31H40N2O7. The van der Waals surface area contributed by atoms with Crippen LogP contribution in [0.4, 0.5) is 0 Å². The van der Waals surface area contributed by atoms with Gasteiger partial charge in [0.1, 0.15) is 18.5 Å². The number of benzene rings is 1. The van der Waals surface area contributed by atoms with Gasteiger partial charge >= 0.3 is 0 Å². The van der Waals surface area contributed by atoms with Gasteiger partial charge in [0.2, 0.25) is 11.8 Å². The van der Waals surface area contributed by atoms with Crippen molar-refractivity contribution >= 4 is 18.1 Å². The Bertz CT molecular complexity index is 1240. The van der Waals surface area contributed by atoms with Crippen LogP contribution in [0, 0.1) is 29.1 Å². The first kappa shape index (κ1) is 27.3. The van der Waals surface area contributed by atoms with E-state index in [2.05, 4.69) is 19.2 Å². The molecule has 9 heteroatoms. The van der Waals surface area contributed by atoms with Crippen molar-refractivity contribution in [2.75, 3.05) is 26.8 Å². The molecule has 1 heterocycles. The highest BCUT2D eigenvalue weighted by Gasteiger charge is 2.56. The maximum atomic E-state index is 13.8. The first-order chi connectivity index (χ1) is 19.2. The lowest BCUT2D eigenvalue weighted by molar-refractivity contribution is -0.147. The molecule has 1 aliphatic heterocycles. The van der Waals surface area contributed by atoms with Crippen molar-refractivity contribution in [3.05, 3.63) is 34.9 Å². The van der Waals surface area contributed by atoms with Gasteiger partial charge in [-0.15, -0.1) is 0 Å². The number of fused-ring (bicyclic) bond motifs is 5. The van der Waals surface area contributed by atoms with Gasteiger partial charge in [0.25, 0.3) is 0 Å². The lowest BCUT2D eigenvalue weighted by Crippen LogP contribution is -2.60. The topological polar surface area (TPSA) is 125 Å². The number of nitrogens with one attached hydrogen (secondary N) is 1. The number of aldehydes is 1. The standard InChI is InChI=1S/C31H40N2O7/c1-31(2)19-7-6-18(22(31)12-19)14-33(30(38)17-4-5-17)23-13-21(29(37)32-8-9-34)25-20-10-16(15-35)11-24(39-3)27(20)40-28(25)26(23)36/h10-11,13,15,17-19,22-23,25-26,28,34,36H,4-9,12,14H2,1-3H3,(H,32,37). The number of rotatable bonds is 9. The fourth-order valence-corrected chi connectivity index (χ4v) is 7.92. The molecule has 0 aromatic heterocycles. The molecule has 5 aliphatic carbocycles. The van der Waals surface area contributed by atoms with Gasteiger partial charge < -0.3 is 29.9 Å². The maximum Gasteiger partial charge on any atom is 0.247 e. The molecule has 4 fully saturated rings. The number of hydrogen-bond donors (Lipinski definition) is 3. The van der Waals surface area contributed by atoms with E-state index in [9.17, 15) is 24.6 Å². The molecule has 0 radical (unpaired) electrons. The van der Waals surface area contributed by atoms with Crippen LogP contribution in [0.15, 0.2) is 23.8 Å². The van der Waals surface area contributed by atoms with E-state index < -0.39 is 30.1 Å². The second-order valence-electron chi connectivity index (χ2n) is 12.9. The highest BCUT2D eigenvalue weighted by atomic mass is 16.5. The summed E-state index contributed by atoms with van der Waals surface area (Å²) in [5.74, 6) is 1.27. The SMILES string of the molecule is COc1cc(C=O)cc2c1OC1C2C(C(=O)NCCO)=CC(N(CC2CCC3CC2C3(C)C)C(=O)C2CC2)C1O. The lowest BCUT2D eigenvalue weighted by Gasteiger charge is -2.61. The van der Waals surface area contributed by atoms with Gasteiger partial charge in [0, 0.05) is 35.7 Å². The van der Waals surface area contributed by atoms with Crippen molar-refractivity contribution in [2.24, 2.45) is 29.1 Å². The summed E-state index contributed by atoms with van der Waals surface area (Å²) in [7, 11) is 1.48. The molecule has 7 rings (SSSR count). The quantitative estimate of drug-likeness (QED) is 0.402. The van der Waals surface area contributed by atoms with Gasteiger partial charge in [-0.25, -0.2) is 0 Å². The van der Waals surface area contributed by atoms with Gasteiger partial charge in [0.05, 0.1) is 25.7 Å². The first-order valence-corrected chi connectivity index (χ1v) is 14.6. The summed E-state index contributed by atoms with van der Waals surface area (Å²) in [6, 6.07) is 2.50. The Morgan fingerprint density at radius 2 is 2.00 bits per heavy atom. The van der Waals surface area contributed by atoms with Crippen molar-refractivity contribution in [3.8, 4) is 11.5 Å². The van der Waals surface area contributed by atoms with Crippen molar-refractivity contribution in [3.63, 3.8) is 0 Å². The zero-order chi connectivity index (χ0) is 28.3. The molecular weight excluding hydrogens is 512 g/mol. The molecule has 1 aromatic carbocycles. The summed E-state index contributed by atoms with van der Waals surface area (Å²) >= 11 is 0. The highest BCUT2D eigenvalue weighted by molar-refractivity contribution is 5.96. The minimum absolute atomic E-state index is 0.0319. The minimum atomic E-state index is -1.09. The van der Waals surface area contributed by atoms with Crippen LogP contribution in [0.3, 0.4) is 0 Å². The van der Waals surface area contributed by atoms with E-state index in [-0.39, 0.29) is 30.4 Å². The summed E-state index contributed by atoms with van der Waals surface area (Å²) in [5.41, 5.74) is 1.57. The van der Waals surface area contributed by atoms with Crippen molar-refractivity contribution < 1.29 is 34.1 Å². The molecule has 0 spiro atoms. The predicted molar refractivity (Wildman–Crippen MR) is 146 cm³/mol. The Morgan fingerprint density at radius 3 is 2.62 bits per heavy atom. The number of nitrogens with zero attached hydrogens (tertiary/aromatic N) is 1. The monoisotopic (exact) mass is 552 g/mol. The normalized spacial score (nSPS) is 32.9. The van der Waals surface area contributed by atoms with Crippen LogP contribution in [0.5, 0.6) is 11.5 Å². The summed E-state index contributed by atoms with van der Waals surface area (Å²) in [4.78, 5) is 40.8. The first-order valence-electron chi connectivity index (χ1n) is 14.6. The van der Waals surface area contributed by atoms with Crippen molar-refractivity contribution in [1.82, 2.24) is 10.2 Å². The Hall–Kier alpha value is -2.91. The zero-order valence-electron chi connectivity index (χ0n) is 23.5. The smallest absolute Gasteiger partial charge is 0.247 e. The molecule has 1 aromatic rings. The summed E-state index contributed by atoms with van der Waals surface area (Å²) < 4.78 is 11.8. The number of carbonyl (C=O) groups excluding carboxylic acids is 3. The fraction of sp³-hybridized carbons (Fsp3) is 0.645. The fourth-order valence-electron chi connectivity index (χ4n) is 7.92. The Kier molecular flexibility index (Phi) is 6.94. The molecule has 40 heavy (non-hydrogen) atoms. The molecule has 2 bridgehead atoms. The molecule has 3 N–H and O–H groups in total. The van der Waals surface area contributed by atoms with E-state index in [0.29, 0.717) is 52.9 Å². The Labute approximate surface area is 234 Å². The molecule has 216 valence electrons. The number of aliphatic hydroxyl groups is 2. The number of amides is 2. The minimum Gasteiger partial charge on any atom is -0.493 e. The summed E-state index contributed by atoms with van der Waals surface area (Å²) in [6.45, 7) is 5.06. The van der Waals surface area contributed by atoms with Crippen LogP contribution in [-0.4, -0.2) is 78.3 Å². The van der Waals surface area contributed by atoms with Crippen LogP contribution in [0.1, 0.15) is 67.8 Å². The number of aliphatic hydroxyl groups excluding tert-OH is 2. The molecule has 6 aliphatic rings. The Morgan fingerprint density at radius 1 is 1.23 bits per heavy atom. The molecule has 7 atom stereocenters. The Balaban J connectivity index is 1.39. The highest BCUT2D eigenvalue weighted by Crippen LogP contribution is 2.61. The average molecular weight is 553 g/mol. The third-order valence-electron chi connectivity index (χ3n) is 10.4. The second-order valence-corrected chi connectivity index (χ2v) is 12.9. The van der Waals surface area contributed by atoms with Crippen LogP contribution in [-0.2, 0) is 9.59 Å². The molecule has 2 amide bonds. The van der Waals surface area contributed by atoms with Crippen LogP contribution < -0.4 is 14.8 Å². The van der Waals surface area contributed by atoms with Gasteiger partial charge in [0.15, 0.2) is 11.5 Å². The average Bonchev–Trinajstić information content (AvgIpc) is 3.74. The second kappa shape index (κ2) is 10.2. The van der Waals surface area contributed by atoms with Gasteiger partial charge in [-0.05, 0) is 73.5 Å². The number of hydrogen-bond acceptors (Lipinski definition) is 7. The van der Waals surface area contributed by atoms with E-state index >= 15 is 0 Å². The predicted octanol–water partition coefficient (Wildman–Crippen LogP) is 2.44. The molecule has 9 nitrogen and oxygen atoms in total. The van der Waals surface area contributed by atoms with Gasteiger partial charge in [-0.3, -0.25) is 14.4 Å². The lowest BCUT2D eigenvalue weighted by atomic mass is 9.45. The summed E-state index contributed by atoms with van der Waals surface area (Å²) in [5, 5.41) is 24.0. The van der Waals surface area contributed by atoms with Crippen molar-refractivity contribution in [1.29, 1.82) is 0 Å². The third-order valence-corrected chi connectivity index (χ3v) is 10.4. The van der Waals surface area contributed by atoms with Gasteiger partial charge in [-0.2, -0.15) is 0 Å². The van der Waals surface area contributed by atoms with Gasteiger partial charge in [-0.1, -0.05) is 13.8 Å². The van der Waals surface area contributed by atoms with E-state index in [1.807, 2.05) is 4.90 Å². The van der Waals surface area contributed by atoms with E-state index in [4.69, 9.17) is 9.47 Å². The number of methoxy groups -OCH3 is 1. The molecule has 4 saturated carbocycles. The van der Waals surface area contributed by atoms with Crippen LogP contribution in [0.2, 0.25) is 0 Å². The molecule has 7 unspecified atom stereocenters.